The van der Waals surface area contributed by atoms with Crippen LogP contribution in [-0.4, -0.2) is 36.1 Å². The molecule has 1 aliphatic rings. The number of phenolic OH excluding ortho intramolecular Hbond substituents is 1. The molecule has 1 aliphatic heterocycles. The van der Waals surface area contributed by atoms with E-state index in [1.54, 1.807) is 0 Å². The maximum atomic E-state index is 11.9. The molecule has 0 saturated heterocycles. The number of phenols is 1. The molecule has 1 aromatic rings. The van der Waals surface area contributed by atoms with Gasteiger partial charge in [0.1, 0.15) is 11.3 Å². The molecule has 8 nitrogen and oxygen atoms in total. The summed E-state index contributed by atoms with van der Waals surface area (Å²) >= 11 is 0. The molecule has 1 unspecified atom stereocenters. The summed E-state index contributed by atoms with van der Waals surface area (Å²) in [5.74, 6) is -1.40. The number of nitrogens with zero attached hydrogens (tertiary/aromatic N) is 1. The zero-order chi connectivity index (χ0) is 14.9. The predicted octanol–water partition coefficient (Wildman–Crippen LogP) is 0.341. The van der Waals surface area contributed by atoms with E-state index in [2.05, 4.69) is 5.32 Å². The van der Waals surface area contributed by atoms with Gasteiger partial charge in [-0.2, -0.15) is 0 Å². The molecule has 0 bridgehead atoms. The van der Waals surface area contributed by atoms with Crippen molar-refractivity contribution in [1.29, 1.82) is 0 Å². The number of carbonyl (C=O) groups excluding carboxylic acids is 1. The highest BCUT2D eigenvalue weighted by molar-refractivity contribution is 7.94. The van der Waals surface area contributed by atoms with Crippen molar-refractivity contribution >= 4 is 21.4 Å². The molecule has 0 aromatic heterocycles. The Hall–Kier alpha value is -2.42. The smallest absolute Gasteiger partial charge is 0.282 e. The van der Waals surface area contributed by atoms with Crippen LogP contribution in [0.1, 0.15) is 10.4 Å². The summed E-state index contributed by atoms with van der Waals surface area (Å²) in [7, 11) is -3.34. The lowest BCUT2D eigenvalue weighted by Crippen LogP contribution is -2.35. The Bertz CT molecular complexity index is 710. The van der Waals surface area contributed by atoms with Crippen LogP contribution in [0, 0.1) is 10.1 Å². The van der Waals surface area contributed by atoms with Crippen LogP contribution in [0.15, 0.2) is 29.7 Å². The van der Waals surface area contributed by atoms with Crippen LogP contribution in [0.3, 0.4) is 0 Å². The first-order valence-electron chi connectivity index (χ1n) is 5.48. The number of nitro benzene ring substituents is 1. The normalized spacial score (nSPS) is 19.7. The third kappa shape index (κ3) is 2.94. The number of amides is 1. The van der Waals surface area contributed by atoms with Crippen molar-refractivity contribution in [3.05, 3.63) is 45.4 Å². The second-order valence-corrected chi connectivity index (χ2v) is 6.13. The molecule has 106 valence electrons. The van der Waals surface area contributed by atoms with Crippen molar-refractivity contribution in [3.63, 3.8) is 0 Å². The molecule has 0 aliphatic carbocycles. The van der Waals surface area contributed by atoms with E-state index < -0.39 is 32.4 Å². The fourth-order valence-corrected chi connectivity index (χ4v) is 3.01. The largest absolute Gasteiger partial charge is 0.508 e. The standard InChI is InChI=1S/C11H10N2O6S/c14-8-1-2-10(13(16)17)9(5-8)11(15)12-7-3-4-20(18,19)6-7/h1-5,7,14H,6H2,(H,12,15). The molecule has 1 atom stereocenters. The maximum absolute atomic E-state index is 11.9. The monoisotopic (exact) mass is 298 g/mol. The first-order chi connectivity index (χ1) is 9.28. The minimum atomic E-state index is -3.34. The third-order valence-corrected chi connectivity index (χ3v) is 4.06. The second-order valence-electron chi connectivity index (χ2n) is 4.20. The minimum absolute atomic E-state index is 0.286. The Kier molecular flexibility index (Phi) is 3.45. The average Bonchev–Trinajstić information content (AvgIpc) is 2.68. The molecule has 9 heteroatoms. The lowest BCUT2D eigenvalue weighted by molar-refractivity contribution is -0.385. The fourth-order valence-electron chi connectivity index (χ4n) is 1.78. The Labute approximate surface area is 113 Å². The van der Waals surface area contributed by atoms with Gasteiger partial charge in [-0.15, -0.1) is 0 Å². The quantitative estimate of drug-likeness (QED) is 0.612. The lowest BCUT2D eigenvalue weighted by Gasteiger charge is -2.10. The number of nitrogens with one attached hydrogen (secondary N) is 1. The summed E-state index contributed by atoms with van der Waals surface area (Å²) in [6, 6.07) is 2.32. The topological polar surface area (TPSA) is 127 Å². The van der Waals surface area contributed by atoms with Crippen molar-refractivity contribution in [2.45, 2.75) is 6.04 Å². The SMILES string of the molecule is O=C(NC1C=CS(=O)(=O)C1)c1cc(O)ccc1[N+](=O)[O-]. The van der Waals surface area contributed by atoms with Gasteiger partial charge in [-0.25, -0.2) is 8.42 Å². The van der Waals surface area contributed by atoms with Gasteiger partial charge >= 0.3 is 0 Å². The summed E-state index contributed by atoms with van der Waals surface area (Å²) in [5.41, 5.74) is -0.794. The summed E-state index contributed by atoms with van der Waals surface area (Å²) in [6.07, 6.45) is 1.29. The van der Waals surface area contributed by atoms with Crippen LogP contribution < -0.4 is 5.32 Å². The van der Waals surface area contributed by atoms with Crippen molar-refractivity contribution in [1.82, 2.24) is 5.32 Å². The molecule has 1 amide bonds. The number of rotatable bonds is 3. The van der Waals surface area contributed by atoms with Gasteiger partial charge in [-0.3, -0.25) is 14.9 Å². The molecule has 2 rings (SSSR count). The Balaban J connectivity index is 2.24. The van der Waals surface area contributed by atoms with Gasteiger partial charge in [0.05, 0.1) is 16.7 Å². The molecule has 1 heterocycles. The average molecular weight is 298 g/mol. The van der Waals surface area contributed by atoms with Crippen molar-refractivity contribution in [2.75, 3.05) is 5.75 Å². The molecule has 2 N–H and O–H groups in total. The zero-order valence-electron chi connectivity index (χ0n) is 10.0. The van der Waals surface area contributed by atoms with E-state index in [1.807, 2.05) is 0 Å². The molecule has 0 saturated carbocycles. The van der Waals surface area contributed by atoms with Crippen LogP contribution in [0.25, 0.3) is 0 Å². The summed E-state index contributed by atoms with van der Waals surface area (Å²) in [5, 5.41) is 23.4. The molecular weight excluding hydrogens is 288 g/mol. The van der Waals surface area contributed by atoms with Gasteiger partial charge < -0.3 is 10.4 Å². The number of hydrogen-bond donors (Lipinski definition) is 2. The molecule has 20 heavy (non-hydrogen) atoms. The van der Waals surface area contributed by atoms with Crippen LogP contribution >= 0.6 is 0 Å². The van der Waals surface area contributed by atoms with Crippen molar-refractivity contribution < 1.29 is 23.2 Å². The molecule has 0 spiro atoms. The summed E-state index contributed by atoms with van der Waals surface area (Å²) in [6.45, 7) is 0. The van der Waals surface area contributed by atoms with Gasteiger partial charge in [-0.1, -0.05) is 0 Å². The van der Waals surface area contributed by atoms with Crippen molar-refractivity contribution in [3.8, 4) is 5.75 Å². The summed E-state index contributed by atoms with van der Waals surface area (Å²) < 4.78 is 22.4. The Morgan fingerprint density at radius 1 is 1.45 bits per heavy atom. The van der Waals surface area contributed by atoms with E-state index in [0.29, 0.717) is 0 Å². The first kappa shape index (κ1) is 14.0. The number of hydrogen-bond acceptors (Lipinski definition) is 6. The predicted molar refractivity (Wildman–Crippen MR) is 68.9 cm³/mol. The number of nitro groups is 1. The highest BCUT2D eigenvalue weighted by Gasteiger charge is 2.26. The van der Waals surface area contributed by atoms with Crippen LogP contribution in [0.4, 0.5) is 5.69 Å². The number of sulfone groups is 1. The van der Waals surface area contributed by atoms with Crippen LogP contribution in [0.5, 0.6) is 5.75 Å². The number of aromatic hydroxyl groups is 1. The first-order valence-corrected chi connectivity index (χ1v) is 7.19. The lowest BCUT2D eigenvalue weighted by atomic mass is 10.1. The van der Waals surface area contributed by atoms with E-state index in [9.17, 15) is 28.4 Å². The zero-order valence-corrected chi connectivity index (χ0v) is 10.8. The van der Waals surface area contributed by atoms with E-state index in [0.717, 1.165) is 23.6 Å². The molecular formula is C11H10N2O6S. The van der Waals surface area contributed by atoms with Gasteiger partial charge in [0.15, 0.2) is 9.84 Å². The molecule has 0 fully saturated rings. The van der Waals surface area contributed by atoms with Gasteiger partial charge in [-0.05, 0) is 18.2 Å². The Morgan fingerprint density at radius 3 is 2.70 bits per heavy atom. The summed E-state index contributed by atoms with van der Waals surface area (Å²) in [4.78, 5) is 22.0. The fraction of sp³-hybridized carbons (Fsp3) is 0.182. The van der Waals surface area contributed by atoms with Gasteiger partial charge in [0.2, 0.25) is 0 Å². The van der Waals surface area contributed by atoms with E-state index in [-0.39, 0.29) is 17.1 Å². The minimum Gasteiger partial charge on any atom is -0.508 e. The Morgan fingerprint density at radius 2 is 2.15 bits per heavy atom. The van der Waals surface area contributed by atoms with Gasteiger partial charge in [0, 0.05) is 11.5 Å². The molecule has 1 aromatic carbocycles. The second kappa shape index (κ2) is 4.93. The number of carbonyl (C=O) groups is 1. The van der Waals surface area contributed by atoms with E-state index in [4.69, 9.17) is 0 Å². The maximum Gasteiger partial charge on any atom is 0.282 e. The van der Waals surface area contributed by atoms with Gasteiger partial charge in [0.25, 0.3) is 11.6 Å². The molecule has 0 radical (unpaired) electrons. The third-order valence-electron chi connectivity index (χ3n) is 2.67. The van der Waals surface area contributed by atoms with E-state index >= 15 is 0 Å². The number of benzene rings is 1. The highest BCUT2D eigenvalue weighted by atomic mass is 32.2. The highest BCUT2D eigenvalue weighted by Crippen LogP contribution is 2.23. The van der Waals surface area contributed by atoms with Crippen molar-refractivity contribution in [2.24, 2.45) is 0 Å². The van der Waals surface area contributed by atoms with Crippen LogP contribution in [-0.2, 0) is 9.84 Å². The van der Waals surface area contributed by atoms with Crippen LogP contribution in [0.2, 0.25) is 0 Å². The van der Waals surface area contributed by atoms with E-state index in [1.165, 1.54) is 6.08 Å².